The van der Waals surface area contributed by atoms with Crippen LogP contribution in [0, 0.1) is 5.41 Å². The Morgan fingerprint density at radius 2 is 2.25 bits per heavy atom. The predicted molar refractivity (Wildman–Crippen MR) is 62.4 cm³/mol. The molecule has 5 heteroatoms. The van der Waals surface area contributed by atoms with Gasteiger partial charge in [0.2, 0.25) is 5.91 Å². The van der Waals surface area contributed by atoms with E-state index in [1.165, 1.54) is 0 Å². The summed E-state index contributed by atoms with van der Waals surface area (Å²) >= 11 is 0. The Morgan fingerprint density at radius 3 is 2.81 bits per heavy atom. The summed E-state index contributed by atoms with van der Waals surface area (Å²) in [5.41, 5.74) is 1.69. The van der Waals surface area contributed by atoms with E-state index in [4.69, 9.17) is 5.84 Å². The minimum Gasteiger partial charge on any atom is -0.395 e. The number of amides is 1. The zero-order chi connectivity index (χ0) is 12.2. The molecule has 0 saturated carbocycles. The number of carbonyl (C=O) groups is 1. The van der Waals surface area contributed by atoms with E-state index in [0.29, 0.717) is 6.54 Å². The number of hydrazine groups is 1. The van der Waals surface area contributed by atoms with Gasteiger partial charge in [-0.1, -0.05) is 6.42 Å². The first-order valence-electron chi connectivity index (χ1n) is 5.87. The van der Waals surface area contributed by atoms with Crippen LogP contribution in [0.5, 0.6) is 0 Å². The van der Waals surface area contributed by atoms with Crippen LogP contribution < -0.4 is 11.3 Å². The predicted octanol–water partition coefficient (Wildman–Crippen LogP) is -0.151. The number of nitrogens with zero attached hydrogens (tertiary/aromatic N) is 1. The van der Waals surface area contributed by atoms with Crippen LogP contribution in [0.1, 0.15) is 33.1 Å². The number of hydrogen-bond donors (Lipinski definition) is 3. The van der Waals surface area contributed by atoms with Gasteiger partial charge in [0.05, 0.1) is 12.0 Å². The Hall–Kier alpha value is -0.650. The molecule has 0 radical (unpaired) electrons. The molecule has 1 heterocycles. The van der Waals surface area contributed by atoms with Crippen molar-refractivity contribution in [2.75, 3.05) is 19.7 Å². The van der Waals surface area contributed by atoms with Gasteiger partial charge in [-0.3, -0.25) is 15.1 Å². The van der Waals surface area contributed by atoms with Crippen LogP contribution >= 0.6 is 0 Å². The maximum Gasteiger partial charge on any atom is 0.240 e. The largest absolute Gasteiger partial charge is 0.395 e. The van der Waals surface area contributed by atoms with Crippen LogP contribution in [0.4, 0.5) is 0 Å². The minimum absolute atomic E-state index is 0.158. The van der Waals surface area contributed by atoms with E-state index in [0.717, 1.165) is 25.8 Å². The molecule has 1 amide bonds. The van der Waals surface area contributed by atoms with E-state index in [2.05, 4.69) is 10.3 Å². The summed E-state index contributed by atoms with van der Waals surface area (Å²) in [4.78, 5) is 13.8. The van der Waals surface area contributed by atoms with Crippen LogP contribution in [0.3, 0.4) is 0 Å². The lowest BCUT2D eigenvalue weighted by Gasteiger charge is -2.39. The van der Waals surface area contributed by atoms with Gasteiger partial charge < -0.3 is 5.11 Å². The molecule has 0 aromatic carbocycles. The van der Waals surface area contributed by atoms with Gasteiger partial charge in [-0.05, 0) is 33.2 Å². The van der Waals surface area contributed by atoms with Crippen LogP contribution in [0.2, 0.25) is 0 Å². The second-order valence-corrected chi connectivity index (χ2v) is 5.16. The molecule has 16 heavy (non-hydrogen) atoms. The second-order valence-electron chi connectivity index (χ2n) is 5.16. The van der Waals surface area contributed by atoms with Gasteiger partial charge in [-0.15, -0.1) is 0 Å². The van der Waals surface area contributed by atoms with E-state index in [1.807, 2.05) is 13.8 Å². The summed E-state index contributed by atoms with van der Waals surface area (Å²) in [6, 6.07) is 0.193. The third kappa shape index (κ3) is 3.17. The number of nitrogens with two attached hydrogens (primary N) is 1. The van der Waals surface area contributed by atoms with Crippen molar-refractivity contribution in [1.82, 2.24) is 10.3 Å². The highest BCUT2D eigenvalue weighted by atomic mass is 16.3. The normalized spacial score (nSPS) is 23.1. The monoisotopic (exact) mass is 229 g/mol. The zero-order valence-corrected chi connectivity index (χ0v) is 10.2. The smallest absolute Gasteiger partial charge is 0.240 e. The zero-order valence-electron chi connectivity index (χ0n) is 10.2. The van der Waals surface area contributed by atoms with E-state index in [9.17, 15) is 9.90 Å². The molecule has 1 aliphatic rings. The SMILES string of the molecule is CC(C)(CN1CCCCC1CO)C(=O)NN. The van der Waals surface area contributed by atoms with Gasteiger partial charge in [-0.2, -0.15) is 0 Å². The lowest BCUT2D eigenvalue weighted by atomic mass is 9.89. The van der Waals surface area contributed by atoms with Gasteiger partial charge in [-0.25, -0.2) is 5.84 Å². The number of nitrogens with one attached hydrogen (secondary N) is 1. The summed E-state index contributed by atoms with van der Waals surface area (Å²) in [6.45, 7) is 5.50. The molecular weight excluding hydrogens is 206 g/mol. The molecule has 0 bridgehead atoms. The van der Waals surface area contributed by atoms with Crippen molar-refractivity contribution in [3.8, 4) is 0 Å². The molecule has 1 saturated heterocycles. The van der Waals surface area contributed by atoms with Crippen molar-refractivity contribution in [2.45, 2.75) is 39.2 Å². The van der Waals surface area contributed by atoms with Gasteiger partial charge >= 0.3 is 0 Å². The Morgan fingerprint density at radius 1 is 1.56 bits per heavy atom. The van der Waals surface area contributed by atoms with Crippen LogP contribution in [-0.4, -0.2) is 41.7 Å². The molecule has 0 spiro atoms. The van der Waals surface area contributed by atoms with Gasteiger partial charge in [0.25, 0.3) is 0 Å². The van der Waals surface area contributed by atoms with Crippen LogP contribution in [0.15, 0.2) is 0 Å². The number of aliphatic hydroxyl groups is 1. The second kappa shape index (κ2) is 5.61. The molecule has 0 aromatic heterocycles. The van der Waals surface area contributed by atoms with Crippen molar-refractivity contribution < 1.29 is 9.90 Å². The maximum atomic E-state index is 11.6. The molecule has 0 aliphatic carbocycles. The first-order valence-corrected chi connectivity index (χ1v) is 5.87. The Bertz CT molecular complexity index is 243. The van der Waals surface area contributed by atoms with Gasteiger partial charge in [0.1, 0.15) is 0 Å². The molecule has 1 fully saturated rings. The molecule has 1 unspecified atom stereocenters. The van der Waals surface area contributed by atoms with E-state index >= 15 is 0 Å². The van der Waals surface area contributed by atoms with Crippen molar-refractivity contribution in [3.05, 3.63) is 0 Å². The summed E-state index contributed by atoms with van der Waals surface area (Å²) in [5, 5.41) is 9.29. The number of likely N-dealkylation sites (tertiary alicyclic amines) is 1. The molecule has 1 aliphatic heterocycles. The van der Waals surface area contributed by atoms with Crippen molar-refractivity contribution >= 4 is 5.91 Å². The fraction of sp³-hybridized carbons (Fsp3) is 0.909. The number of aliphatic hydroxyl groups excluding tert-OH is 1. The maximum absolute atomic E-state index is 11.6. The fourth-order valence-corrected chi connectivity index (χ4v) is 2.25. The molecule has 1 atom stereocenters. The van der Waals surface area contributed by atoms with Crippen molar-refractivity contribution in [1.29, 1.82) is 0 Å². The molecule has 4 N–H and O–H groups in total. The molecule has 5 nitrogen and oxygen atoms in total. The molecule has 1 rings (SSSR count). The van der Waals surface area contributed by atoms with E-state index < -0.39 is 5.41 Å². The number of piperidine rings is 1. The summed E-state index contributed by atoms with van der Waals surface area (Å²) in [5.74, 6) is 5.01. The van der Waals surface area contributed by atoms with E-state index in [-0.39, 0.29) is 18.6 Å². The van der Waals surface area contributed by atoms with Crippen LogP contribution in [-0.2, 0) is 4.79 Å². The van der Waals surface area contributed by atoms with E-state index in [1.54, 1.807) is 0 Å². The molecular formula is C11H23N3O2. The fourth-order valence-electron chi connectivity index (χ4n) is 2.25. The average Bonchev–Trinajstić information content (AvgIpc) is 2.28. The average molecular weight is 229 g/mol. The lowest BCUT2D eigenvalue weighted by Crippen LogP contribution is -2.51. The van der Waals surface area contributed by atoms with Gasteiger partial charge in [0, 0.05) is 12.6 Å². The van der Waals surface area contributed by atoms with Gasteiger partial charge in [0.15, 0.2) is 0 Å². The summed E-state index contributed by atoms with van der Waals surface area (Å²) < 4.78 is 0. The first kappa shape index (κ1) is 13.4. The Balaban J connectivity index is 2.60. The third-order valence-electron chi connectivity index (χ3n) is 3.30. The molecule has 94 valence electrons. The quantitative estimate of drug-likeness (QED) is 0.356. The third-order valence-corrected chi connectivity index (χ3v) is 3.30. The summed E-state index contributed by atoms with van der Waals surface area (Å²) in [6.07, 6.45) is 3.30. The highest BCUT2D eigenvalue weighted by Crippen LogP contribution is 2.23. The lowest BCUT2D eigenvalue weighted by molar-refractivity contribution is -0.131. The Labute approximate surface area is 97.0 Å². The number of rotatable bonds is 4. The molecule has 0 aromatic rings. The number of carbonyl (C=O) groups excluding carboxylic acids is 1. The highest BCUT2D eigenvalue weighted by Gasteiger charge is 2.33. The topological polar surface area (TPSA) is 78.6 Å². The Kier molecular flexibility index (Phi) is 4.70. The minimum atomic E-state index is -0.514. The van der Waals surface area contributed by atoms with Crippen LogP contribution in [0.25, 0.3) is 0 Å². The van der Waals surface area contributed by atoms with Crippen molar-refractivity contribution in [3.63, 3.8) is 0 Å². The van der Waals surface area contributed by atoms with Crippen molar-refractivity contribution in [2.24, 2.45) is 11.3 Å². The highest BCUT2D eigenvalue weighted by molar-refractivity contribution is 5.81. The number of hydrogen-bond acceptors (Lipinski definition) is 4. The standard InChI is InChI=1S/C11H23N3O2/c1-11(2,10(16)13-12)8-14-6-4-3-5-9(14)7-15/h9,15H,3-8,12H2,1-2H3,(H,13,16). The summed E-state index contributed by atoms with van der Waals surface area (Å²) in [7, 11) is 0. The first-order chi connectivity index (χ1) is 7.51.